The molecule has 1 aliphatic heterocycles. The maximum Gasteiger partial charge on any atom is 0.240 e. The summed E-state index contributed by atoms with van der Waals surface area (Å²) in [6.45, 7) is 7.96. The Morgan fingerprint density at radius 2 is 1.76 bits per heavy atom. The topological polar surface area (TPSA) is 107 Å². The molecule has 10 heteroatoms. The highest BCUT2D eigenvalue weighted by atomic mass is 32.7. The van der Waals surface area contributed by atoms with Gasteiger partial charge in [0.15, 0.2) is 12.1 Å². The fourth-order valence-electron chi connectivity index (χ4n) is 1.70. The number of aliphatic hydroxyl groups excluding tert-OH is 1. The van der Waals surface area contributed by atoms with Crippen molar-refractivity contribution in [3.63, 3.8) is 0 Å². The largest absolute Gasteiger partial charge is 0.393 e. The summed E-state index contributed by atoms with van der Waals surface area (Å²) < 4.78 is 27.4. The van der Waals surface area contributed by atoms with Gasteiger partial charge < -0.3 is 38.6 Å². The summed E-state index contributed by atoms with van der Waals surface area (Å²) in [4.78, 5) is 0. The van der Waals surface area contributed by atoms with E-state index in [1.807, 2.05) is 13.8 Å². The normalized spacial score (nSPS) is 22.0. The van der Waals surface area contributed by atoms with Crippen molar-refractivity contribution in [2.75, 3.05) is 33.5 Å². The first-order chi connectivity index (χ1) is 11.7. The molecule has 0 saturated carbocycles. The first kappa shape index (κ1) is 25.5. The first-order valence-corrected chi connectivity index (χ1v) is 11.0. The van der Waals surface area contributed by atoms with Gasteiger partial charge in [-0.3, -0.25) is 0 Å². The summed E-state index contributed by atoms with van der Waals surface area (Å²) >= 11 is 1.39. The number of aliphatic hydroxyl groups is 3. The fraction of sp³-hybridized carbons (Fsp3) is 1.00. The second-order valence-corrected chi connectivity index (χ2v) is 8.83. The molecule has 3 atom stereocenters. The highest BCUT2D eigenvalue weighted by Crippen LogP contribution is 2.54. The standard InChI is InChI=1S/C12H25O6PS.C3H8O2/c1-4-16-19(17-5-2)20-12(8-13)15-9-10-6-7-11(14-3)18-10;1-3(2,4)5/h10-13H,4-9H2,1-3H3;4-5H,1-2H3. The molecule has 8 nitrogen and oxygen atoms in total. The van der Waals surface area contributed by atoms with Crippen molar-refractivity contribution in [3.05, 3.63) is 0 Å². The zero-order chi connectivity index (χ0) is 19.3. The maximum absolute atomic E-state index is 9.37. The van der Waals surface area contributed by atoms with Gasteiger partial charge in [0.05, 0.1) is 32.5 Å². The Bertz CT molecular complexity index is 306. The molecule has 3 N–H and O–H groups in total. The monoisotopic (exact) mass is 404 g/mol. The van der Waals surface area contributed by atoms with Crippen LogP contribution in [-0.2, 0) is 23.3 Å². The Morgan fingerprint density at radius 1 is 1.20 bits per heavy atom. The lowest BCUT2D eigenvalue weighted by atomic mass is 10.2. The summed E-state index contributed by atoms with van der Waals surface area (Å²) in [6, 6.07) is 0. The molecule has 0 aromatic heterocycles. The first-order valence-electron chi connectivity index (χ1n) is 8.31. The van der Waals surface area contributed by atoms with E-state index in [9.17, 15) is 5.11 Å². The summed E-state index contributed by atoms with van der Waals surface area (Å²) in [5.41, 5.74) is -0.357. The van der Waals surface area contributed by atoms with Gasteiger partial charge in [-0.1, -0.05) is 0 Å². The minimum atomic E-state index is -1.50. The van der Waals surface area contributed by atoms with Crippen LogP contribution in [0.4, 0.5) is 0 Å². The van der Waals surface area contributed by atoms with Crippen molar-refractivity contribution in [1.29, 1.82) is 0 Å². The number of methoxy groups -OCH3 is 1. The van der Waals surface area contributed by atoms with Gasteiger partial charge in [-0.05, 0) is 45.5 Å². The smallest absolute Gasteiger partial charge is 0.240 e. The van der Waals surface area contributed by atoms with Crippen LogP contribution in [0.15, 0.2) is 0 Å². The van der Waals surface area contributed by atoms with E-state index in [0.717, 1.165) is 12.8 Å². The van der Waals surface area contributed by atoms with E-state index in [4.69, 9.17) is 33.5 Å². The van der Waals surface area contributed by atoms with Crippen LogP contribution in [0.2, 0.25) is 0 Å². The lowest BCUT2D eigenvalue weighted by molar-refractivity contribution is -0.130. The minimum Gasteiger partial charge on any atom is -0.393 e. The lowest BCUT2D eigenvalue weighted by Crippen LogP contribution is -2.23. The van der Waals surface area contributed by atoms with E-state index < -0.39 is 13.4 Å². The van der Waals surface area contributed by atoms with Gasteiger partial charge in [-0.25, -0.2) is 0 Å². The molecule has 0 bridgehead atoms. The molecule has 1 rings (SSSR count). The molecule has 1 saturated heterocycles. The van der Waals surface area contributed by atoms with Gasteiger partial charge in [0, 0.05) is 13.5 Å². The fourth-order valence-corrected chi connectivity index (χ4v) is 4.68. The zero-order valence-electron chi connectivity index (χ0n) is 15.7. The molecule has 1 aliphatic rings. The van der Waals surface area contributed by atoms with Crippen LogP contribution in [0.1, 0.15) is 40.5 Å². The molecule has 0 spiro atoms. The van der Waals surface area contributed by atoms with E-state index in [1.54, 1.807) is 7.11 Å². The predicted molar refractivity (Wildman–Crippen MR) is 98.0 cm³/mol. The Hall–Kier alpha value is 0.460. The summed E-state index contributed by atoms with van der Waals surface area (Å²) in [6.07, 6.45) is 1.69. The van der Waals surface area contributed by atoms with Crippen molar-refractivity contribution in [1.82, 2.24) is 0 Å². The van der Waals surface area contributed by atoms with Crippen molar-refractivity contribution in [2.24, 2.45) is 0 Å². The Labute approximate surface area is 155 Å². The molecular weight excluding hydrogens is 371 g/mol. The molecule has 1 fully saturated rings. The number of hydrogen-bond acceptors (Lipinski definition) is 9. The van der Waals surface area contributed by atoms with Crippen LogP contribution < -0.4 is 0 Å². The number of ether oxygens (including phenoxy) is 3. The van der Waals surface area contributed by atoms with E-state index in [-0.39, 0.29) is 24.4 Å². The molecule has 0 amide bonds. The SMILES string of the molecule is CC(C)(O)O.CCOP(OCC)SC(CO)OCC1CCC(OC)O1. The number of rotatable bonds is 11. The highest BCUT2D eigenvalue weighted by molar-refractivity contribution is 8.53. The molecule has 3 unspecified atom stereocenters. The Morgan fingerprint density at radius 3 is 2.16 bits per heavy atom. The average Bonchev–Trinajstić information content (AvgIpc) is 2.98. The molecule has 25 heavy (non-hydrogen) atoms. The predicted octanol–water partition coefficient (Wildman–Crippen LogP) is 2.21. The zero-order valence-corrected chi connectivity index (χ0v) is 17.4. The van der Waals surface area contributed by atoms with Crippen LogP contribution in [0.5, 0.6) is 0 Å². The molecular formula is C15H33O8PS. The van der Waals surface area contributed by atoms with Crippen molar-refractivity contribution >= 4 is 19.0 Å². The minimum absolute atomic E-state index is 0.0278. The lowest BCUT2D eigenvalue weighted by Gasteiger charge is -2.22. The van der Waals surface area contributed by atoms with Gasteiger partial charge in [0.1, 0.15) is 5.44 Å². The van der Waals surface area contributed by atoms with Gasteiger partial charge in [-0.15, -0.1) is 0 Å². The maximum atomic E-state index is 9.37. The van der Waals surface area contributed by atoms with E-state index >= 15 is 0 Å². The third kappa shape index (κ3) is 15.2. The second kappa shape index (κ2) is 14.5. The summed E-state index contributed by atoms with van der Waals surface area (Å²) in [5, 5.41) is 25.5. The second-order valence-electron chi connectivity index (χ2n) is 5.61. The van der Waals surface area contributed by atoms with Crippen molar-refractivity contribution in [3.8, 4) is 0 Å². The van der Waals surface area contributed by atoms with Crippen LogP contribution in [0.3, 0.4) is 0 Å². The number of hydrogen-bond donors (Lipinski definition) is 3. The van der Waals surface area contributed by atoms with Crippen molar-refractivity contribution < 1.29 is 38.6 Å². The molecule has 0 aromatic carbocycles. The van der Waals surface area contributed by atoms with Gasteiger partial charge >= 0.3 is 0 Å². The average molecular weight is 404 g/mol. The summed E-state index contributed by atoms with van der Waals surface area (Å²) in [5.74, 6) is -1.50. The van der Waals surface area contributed by atoms with Crippen LogP contribution in [-0.4, -0.2) is 72.5 Å². The van der Waals surface area contributed by atoms with E-state index in [1.165, 1.54) is 25.2 Å². The molecule has 1 heterocycles. The third-order valence-electron chi connectivity index (χ3n) is 2.62. The van der Waals surface area contributed by atoms with Crippen LogP contribution >= 0.6 is 19.0 Å². The highest BCUT2D eigenvalue weighted by Gasteiger charge is 2.27. The van der Waals surface area contributed by atoms with Gasteiger partial charge in [0.25, 0.3) is 0 Å². The van der Waals surface area contributed by atoms with E-state index in [0.29, 0.717) is 19.8 Å². The quantitative estimate of drug-likeness (QED) is 0.353. The van der Waals surface area contributed by atoms with Crippen LogP contribution in [0.25, 0.3) is 0 Å². The van der Waals surface area contributed by atoms with E-state index in [2.05, 4.69) is 0 Å². The Balaban J connectivity index is 0.00000101. The molecule has 0 aromatic rings. The molecule has 0 radical (unpaired) electrons. The third-order valence-corrected chi connectivity index (χ3v) is 6.11. The molecule has 152 valence electrons. The summed E-state index contributed by atoms with van der Waals surface area (Å²) in [7, 11) is 0.561. The Kier molecular flexibility index (Phi) is 14.8. The van der Waals surface area contributed by atoms with Crippen molar-refractivity contribution in [2.45, 2.75) is 64.2 Å². The van der Waals surface area contributed by atoms with Gasteiger partial charge in [-0.2, -0.15) is 0 Å². The van der Waals surface area contributed by atoms with Crippen LogP contribution in [0, 0.1) is 0 Å². The molecule has 0 aliphatic carbocycles. The van der Waals surface area contributed by atoms with Gasteiger partial charge in [0.2, 0.25) is 7.58 Å².